The second kappa shape index (κ2) is 6.61. The molecule has 0 heterocycles. The molecule has 0 saturated heterocycles. The Hall–Kier alpha value is -1.04. The largest absolute Gasteiger partial charge is 0.338 e. The average Bonchev–Trinajstić information content (AvgIpc) is 2.98. The van der Waals surface area contributed by atoms with Gasteiger partial charge in [0.05, 0.1) is 6.07 Å². The lowest BCUT2D eigenvalue weighted by molar-refractivity contribution is -0.143. The molecule has 3 nitrogen and oxygen atoms in total. The van der Waals surface area contributed by atoms with Crippen molar-refractivity contribution in [1.82, 2.24) is 4.90 Å². The second-order valence-electron chi connectivity index (χ2n) is 7.04. The van der Waals surface area contributed by atoms with Gasteiger partial charge in [-0.1, -0.05) is 46.0 Å². The number of amides is 1. The molecule has 0 radical (unpaired) electrons. The molecule has 3 heteroatoms. The van der Waals surface area contributed by atoms with Gasteiger partial charge in [-0.15, -0.1) is 0 Å². The molecule has 0 spiro atoms. The normalized spacial score (nSPS) is 22.7. The van der Waals surface area contributed by atoms with Crippen LogP contribution in [0.25, 0.3) is 0 Å². The summed E-state index contributed by atoms with van der Waals surface area (Å²) in [5, 5.41) is 9.64. The van der Waals surface area contributed by atoms with Gasteiger partial charge >= 0.3 is 0 Å². The summed E-state index contributed by atoms with van der Waals surface area (Å²) in [7, 11) is 0. The molecule has 2 aliphatic rings. The van der Waals surface area contributed by atoms with Crippen LogP contribution < -0.4 is 0 Å². The average molecular weight is 276 g/mol. The molecule has 2 saturated carbocycles. The topological polar surface area (TPSA) is 44.1 Å². The molecule has 1 amide bonds. The van der Waals surface area contributed by atoms with E-state index in [1.807, 2.05) is 0 Å². The van der Waals surface area contributed by atoms with Crippen LogP contribution in [0, 0.1) is 22.7 Å². The minimum absolute atomic E-state index is 0.139. The predicted molar refractivity (Wildman–Crippen MR) is 79.9 cm³/mol. The van der Waals surface area contributed by atoms with Crippen molar-refractivity contribution >= 4 is 5.91 Å². The first kappa shape index (κ1) is 15.4. The van der Waals surface area contributed by atoms with Crippen LogP contribution in [0.2, 0.25) is 0 Å². The minimum Gasteiger partial charge on any atom is -0.338 e. The van der Waals surface area contributed by atoms with E-state index in [0.717, 1.165) is 45.1 Å². The van der Waals surface area contributed by atoms with Gasteiger partial charge < -0.3 is 4.90 Å². The number of nitriles is 1. The van der Waals surface area contributed by atoms with Gasteiger partial charge in [0.25, 0.3) is 0 Å². The Morgan fingerprint density at radius 1 is 1.20 bits per heavy atom. The summed E-state index contributed by atoms with van der Waals surface area (Å²) in [4.78, 5) is 15.2. The van der Waals surface area contributed by atoms with E-state index in [0.29, 0.717) is 12.0 Å². The first-order valence-electron chi connectivity index (χ1n) is 8.31. The molecule has 0 aromatic heterocycles. The fourth-order valence-corrected chi connectivity index (χ4v) is 3.81. The van der Waals surface area contributed by atoms with E-state index in [2.05, 4.69) is 24.8 Å². The monoisotopic (exact) mass is 276 g/mol. The molecular weight excluding hydrogens is 248 g/mol. The van der Waals surface area contributed by atoms with Gasteiger partial charge in [0.15, 0.2) is 0 Å². The van der Waals surface area contributed by atoms with E-state index in [1.165, 1.54) is 19.3 Å². The van der Waals surface area contributed by atoms with Crippen molar-refractivity contribution in [3.05, 3.63) is 0 Å². The van der Waals surface area contributed by atoms with E-state index in [1.54, 1.807) is 0 Å². The van der Waals surface area contributed by atoms with Crippen molar-refractivity contribution in [2.75, 3.05) is 6.54 Å². The highest BCUT2D eigenvalue weighted by Crippen LogP contribution is 2.39. The van der Waals surface area contributed by atoms with Crippen LogP contribution in [-0.4, -0.2) is 23.4 Å². The minimum atomic E-state index is -0.713. The van der Waals surface area contributed by atoms with Crippen molar-refractivity contribution in [3.8, 4) is 6.07 Å². The van der Waals surface area contributed by atoms with Crippen molar-refractivity contribution in [1.29, 1.82) is 5.26 Å². The van der Waals surface area contributed by atoms with Crippen LogP contribution in [0.4, 0.5) is 0 Å². The van der Waals surface area contributed by atoms with E-state index in [4.69, 9.17) is 0 Å². The van der Waals surface area contributed by atoms with E-state index in [9.17, 15) is 10.1 Å². The molecule has 0 unspecified atom stereocenters. The third-order valence-corrected chi connectivity index (χ3v) is 4.92. The molecule has 2 aliphatic carbocycles. The van der Waals surface area contributed by atoms with Gasteiger partial charge in [0.1, 0.15) is 5.41 Å². The summed E-state index contributed by atoms with van der Waals surface area (Å²) in [5.74, 6) is 0.610. The zero-order chi connectivity index (χ0) is 14.6. The molecule has 0 aromatic carbocycles. The van der Waals surface area contributed by atoms with E-state index >= 15 is 0 Å². The van der Waals surface area contributed by atoms with Crippen LogP contribution in [-0.2, 0) is 4.79 Å². The van der Waals surface area contributed by atoms with Gasteiger partial charge in [0, 0.05) is 12.6 Å². The highest BCUT2D eigenvalue weighted by atomic mass is 16.2. The molecule has 112 valence electrons. The Morgan fingerprint density at radius 2 is 1.80 bits per heavy atom. The Kier molecular flexibility index (Phi) is 5.07. The molecule has 2 fully saturated rings. The Bertz CT molecular complexity index is 371. The highest BCUT2D eigenvalue weighted by Gasteiger charge is 2.44. The molecule has 20 heavy (non-hydrogen) atoms. The molecule has 2 rings (SSSR count). The highest BCUT2D eigenvalue weighted by molar-refractivity contribution is 5.86. The summed E-state index contributed by atoms with van der Waals surface area (Å²) in [6.45, 7) is 5.14. The van der Waals surface area contributed by atoms with Crippen molar-refractivity contribution in [2.45, 2.75) is 77.7 Å². The second-order valence-corrected chi connectivity index (χ2v) is 7.04. The number of rotatable bonds is 4. The lowest BCUT2D eigenvalue weighted by atomic mass is 9.74. The predicted octanol–water partition coefficient (Wildman–Crippen LogP) is 3.89. The fraction of sp³-hybridized carbons (Fsp3) is 0.882. The molecule has 0 atom stereocenters. The number of carbonyl (C=O) groups is 1. The van der Waals surface area contributed by atoms with Crippen LogP contribution in [0.15, 0.2) is 0 Å². The summed E-state index contributed by atoms with van der Waals surface area (Å²) >= 11 is 0. The number of hydrogen-bond acceptors (Lipinski definition) is 2. The third-order valence-electron chi connectivity index (χ3n) is 4.92. The van der Waals surface area contributed by atoms with Gasteiger partial charge in [-0.05, 0) is 31.6 Å². The molecule has 0 aromatic rings. The first-order chi connectivity index (χ1) is 9.59. The zero-order valence-corrected chi connectivity index (χ0v) is 13.0. The molecule has 0 bridgehead atoms. The van der Waals surface area contributed by atoms with E-state index in [-0.39, 0.29) is 5.91 Å². The summed E-state index contributed by atoms with van der Waals surface area (Å²) in [6.07, 6.45) is 9.47. The number of hydrogen-bond donors (Lipinski definition) is 0. The first-order valence-corrected chi connectivity index (χ1v) is 8.31. The van der Waals surface area contributed by atoms with Crippen molar-refractivity contribution in [2.24, 2.45) is 11.3 Å². The fourth-order valence-electron chi connectivity index (χ4n) is 3.81. The lowest BCUT2D eigenvalue weighted by Crippen LogP contribution is -2.49. The summed E-state index contributed by atoms with van der Waals surface area (Å²) in [6, 6.07) is 2.79. The smallest absolute Gasteiger partial charge is 0.243 e. The molecule has 0 aliphatic heterocycles. The number of nitrogens with zero attached hydrogens (tertiary/aromatic N) is 2. The van der Waals surface area contributed by atoms with Gasteiger partial charge in [-0.3, -0.25) is 4.79 Å². The standard InChI is InChI=1S/C17H28N2O/c1-14(2)12-19(15-8-4-5-9-15)16(20)17(13-18)10-6-3-7-11-17/h14-15H,3-12H2,1-2H3. The molecule has 0 N–H and O–H groups in total. The van der Waals surface area contributed by atoms with Crippen LogP contribution in [0.1, 0.15) is 71.6 Å². The summed E-state index contributed by atoms with van der Waals surface area (Å²) in [5.41, 5.74) is -0.713. The third kappa shape index (κ3) is 3.16. The maximum Gasteiger partial charge on any atom is 0.243 e. The van der Waals surface area contributed by atoms with E-state index < -0.39 is 5.41 Å². The van der Waals surface area contributed by atoms with Gasteiger partial charge in [0.2, 0.25) is 5.91 Å². The van der Waals surface area contributed by atoms with Crippen LogP contribution in [0.3, 0.4) is 0 Å². The van der Waals surface area contributed by atoms with Gasteiger partial charge in [-0.2, -0.15) is 5.26 Å². The molecular formula is C17H28N2O. The quantitative estimate of drug-likeness (QED) is 0.782. The van der Waals surface area contributed by atoms with Gasteiger partial charge in [-0.25, -0.2) is 0 Å². The maximum absolute atomic E-state index is 13.1. The Morgan fingerprint density at radius 3 is 2.30 bits per heavy atom. The van der Waals surface area contributed by atoms with Crippen molar-refractivity contribution < 1.29 is 4.79 Å². The Labute approximate surface area is 123 Å². The van der Waals surface area contributed by atoms with Crippen LogP contribution in [0.5, 0.6) is 0 Å². The SMILES string of the molecule is CC(C)CN(C(=O)C1(C#N)CCCCC1)C1CCCC1. The van der Waals surface area contributed by atoms with Crippen molar-refractivity contribution in [3.63, 3.8) is 0 Å². The number of carbonyl (C=O) groups excluding carboxylic acids is 1. The Balaban J connectivity index is 2.17. The maximum atomic E-state index is 13.1. The zero-order valence-electron chi connectivity index (χ0n) is 13.0. The lowest BCUT2D eigenvalue weighted by Gasteiger charge is -2.38. The van der Waals surface area contributed by atoms with Crippen LogP contribution >= 0.6 is 0 Å². The summed E-state index contributed by atoms with van der Waals surface area (Å²) < 4.78 is 0.